The number of ether oxygens (including phenoxy) is 2. The smallest absolute Gasteiger partial charge is 0.324 e. The molecule has 158 valence electrons. The monoisotopic (exact) mass is 468 g/mol. The molecule has 1 heterocycles. The van der Waals surface area contributed by atoms with Gasteiger partial charge in [0.1, 0.15) is 17.5 Å². The summed E-state index contributed by atoms with van der Waals surface area (Å²) < 4.78 is 10.5. The predicted molar refractivity (Wildman–Crippen MR) is 115 cm³/mol. The fourth-order valence-electron chi connectivity index (χ4n) is 2.86. The van der Waals surface area contributed by atoms with Gasteiger partial charge in [-0.25, -0.2) is 4.84 Å². The Kier molecular flexibility index (Phi) is 7.60. The number of thioether (sulfide) groups is 1. The fourth-order valence-corrected chi connectivity index (χ4v) is 4.13. The molecule has 1 fully saturated rings. The van der Waals surface area contributed by atoms with Crippen molar-refractivity contribution in [1.82, 2.24) is 10.2 Å². The minimum absolute atomic E-state index is 0.291. The summed E-state index contributed by atoms with van der Waals surface area (Å²) >= 11 is 12.9. The van der Waals surface area contributed by atoms with Crippen LogP contribution in [0.5, 0.6) is 11.5 Å². The van der Waals surface area contributed by atoms with Crippen LogP contribution in [0.3, 0.4) is 0 Å². The molecule has 30 heavy (non-hydrogen) atoms. The van der Waals surface area contributed by atoms with Crippen molar-refractivity contribution in [2.75, 3.05) is 7.11 Å². The molecule has 0 aliphatic carbocycles. The number of hydrogen-bond acceptors (Lipinski definition) is 7. The van der Waals surface area contributed by atoms with Crippen molar-refractivity contribution in [3.8, 4) is 11.5 Å². The molecule has 3 rings (SSSR count). The van der Waals surface area contributed by atoms with Crippen molar-refractivity contribution in [2.24, 2.45) is 0 Å². The third-order valence-corrected chi connectivity index (χ3v) is 5.93. The molecule has 0 aromatic heterocycles. The molecule has 10 heteroatoms. The van der Waals surface area contributed by atoms with Gasteiger partial charge < -0.3 is 9.47 Å². The Balaban J connectivity index is 1.62. The molecular formula is C20H18Cl2N2O5S. The van der Waals surface area contributed by atoms with Gasteiger partial charge in [-0.3, -0.25) is 19.7 Å². The van der Waals surface area contributed by atoms with Crippen LogP contribution in [0.1, 0.15) is 11.1 Å². The minimum Gasteiger partial charge on any atom is -0.468 e. The topological polar surface area (TPSA) is 93.7 Å². The predicted octanol–water partition coefficient (Wildman–Crippen LogP) is 3.85. The van der Waals surface area contributed by atoms with Crippen LogP contribution in [0.25, 0.3) is 0 Å². The highest BCUT2D eigenvalue weighted by Gasteiger charge is 2.31. The quantitative estimate of drug-likeness (QED) is 0.448. The normalized spacial score (nSPS) is 16.8. The number of rotatable bonds is 8. The van der Waals surface area contributed by atoms with Gasteiger partial charge in [-0.1, -0.05) is 41.6 Å². The van der Waals surface area contributed by atoms with Gasteiger partial charge in [-0.2, -0.15) is 0 Å². The first-order chi connectivity index (χ1) is 14.4. The molecular weight excluding hydrogens is 451 g/mol. The van der Waals surface area contributed by atoms with Crippen molar-refractivity contribution in [1.29, 1.82) is 0 Å². The van der Waals surface area contributed by atoms with E-state index in [-0.39, 0.29) is 11.1 Å². The molecule has 1 saturated heterocycles. The lowest BCUT2D eigenvalue weighted by Gasteiger charge is -2.13. The van der Waals surface area contributed by atoms with E-state index in [1.807, 2.05) is 12.1 Å². The second kappa shape index (κ2) is 10.2. The number of imide groups is 1. The van der Waals surface area contributed by atoms with E-state index >= 15 is 0 Å². The SMILES string of the molecule is COC(=O)[C@H](Cc1ccc(Oc2ccc(CC3SC(=O)NC3=O)cc2Cl)cc1)NCl. The summed E-state index contributed by atoms with van der Waals surface area (Å²) in [6, 6.07) is 11.7. The van der Waals surface area contributed by atoms with Gasteiger partial charge in [-0.15, -0.1) is 0 Å². The number of hydrogen-bond donors (Lipinski definition) is 2. The molecule has 7 nitrogen and oxygen atoms in total. The lowest BCUT2D eigenvalue weighted by Crippen LogP contribution is -2.33. The third-order valence-electron chi connectivity index (χ3n) is 4.39. The number of esters is 1. The first-order valence-electron chi connectivity index (χ1n) is 8.90. The van der Waals surface area contributed by atoms with Crippen LogP contribution in [0.2, 0.25) is 5.02 Å². The second-order valence-corrected chi connectivity index (χ2v) is 8.29. The molecule has 2 atom stereocenters. The molecule has 0 bridgehead atoms. The Morgan fingerprint density at radius 3 is 2.47 bits per heavy atom. The maximum Gasteiger partial charge on any atom is 0.324 e. The number of amides is 2. The summed E-state index contributed by atoms with van der Waals surface area (Å²) in [5, 5.41) is 1.87. The lowest BCUT2D eigenvalue weighted by molar-refractivity contribution is -0.142. The Bertz CT molecular complexity index is 955. The minimum atomic E-state index is -0.652. The van der Waals surface area contributed by atoms with Gasteiger partial charge in [-0.05, 0) is 60.0 Å². The van der Waals surface area contributed by atoms with E-state index in [4.69, 9.17) is 28.1 Å². The summed E-state index contributed by atoms with van der Waals surface area (Å²) in [5.74, 6) is 0.288. The van der Waals surface area contributed by atoms with E-state index in [0.717, 1.165) is 22.9 Å². The van der Waals surface area contributed by atoms with Crippen molar-refractivity contribution >= 4 is 52.3 Å². The second-order valence-electron chi connectivity index (χ2n) is 6.49. The van der Waals surface area contributed by atoms with Crippen LogP contribution in [0, 0.1) is 0 Å². The van der Waals surface area contributed by atoms with E-state index in [1.165, 1.54) is 7.11 Å². The third kappa shape index (κ3) is 5.66. The maximum atomic E-state index is 11.7. The summed E-state index contributed by atoms with van der Waals surface area (Å²) in [5.41, 5.74) is 1.70. The van der Waals surface area contributed by atoms with Gasteiger partial charge in [0.25, 0.3) is 5.24 Å². The highest BCUT2D eigenvalue weighted by Crippen LogP contribution is 2.32. The summed E-state index contributed by atoms with van der Waals surface area (Å²) in [6.45, 7) is 0. The molecule has 2 aromatic carbocycles. The molecule has 2 amide bonds. The molecule has 0 spiro atoms. The largest absolute Gasteiger partial charge is 0.468 e. The molecule has 2 N–H and O–H groups in total. The number of carbonyl (C=O) groups excluding carboxylic acids is 3. The summed E-state index contributed by atoms with van der Waals surface area (Å²) in [4.78, 5) is 37.0. The van der Waals surface area contributed by atoms with Crippen molar-refractivity contribution in [3.63, 3.8) is 0 Å². The Labute approximate surface area is 187 Å². The molecule has 0 saturated carbocycles. The van der Waals surface area contributed by atoms with E-state index in [0.29, 0.717) is 29.4 Å². The van der Waals surface area contributed by atoms with Gasteiger partial charge in [0, 0.05) is 0 Å². The number of nitrogens with one attached hydrogen (secondary N) is 2. The average molecular weight is 469 g/mol. The maximum absolute atomic E-state index is 11.7. The molecule has 1 aliphatic rings. The summed E-state index contributed by atoms with van der Waals surface area (Å²) in [7, 11) is 1.30. The molecule has 0 radical (unpaired) electrons. The zero-order valence-electron chi connectivity index (χ0n) is 15.8. The van der Waals surface area contributed by atoms with Gasteiger partial charge >= 0.3 is 5.97 Å². The first kappa shape index (κ1) is 22.4. The van der Waals surface area contributed by atoms with E-state index in [2.05, 4.69) is 14.9 Å². The zero-order valence-corrected chi connectivity index (χ0v) is 18.1. The fraction of sp³-hybridized carbons (Fsp3) is 0.250. The standard InChI is InChI=1S/C20H18Cl2N2O5S/c1-28-19(26)15(24-22)9-11-2-5-13(6-3-11)29-16-7-4-12(8-14(16)21)10-17-18(25)23-20(27)30-17/h2-8,15,17,24H,9-10H2,1H3,(H,23,25,27)/t15-,17?/m0/s1. The van der Waals surface area contributed by atoms with Crippen molar-refractivity contribution in [3.05, 3.63) is 58.6 Å². The summed E-state index contributed by atoms with van der Waals surface area (Å²) in [6.07, 6.45) is 0.758. The number of methoxy groups -OCH3 is 1. The average Bonchev–Trinajstić information content (AvgIpc) is 3.05. The Morgan fingerprint density at radius 2 is 1.90 bits per heavy atom. The van der Waals surface area contributed by atoms with Crippen molar-refractivity contribution in [2.45, 2.75) is 24.1 Å². The van der Waals surface area contributed by atoms with Crippen LogP contribution < -0.4 is 14.9 Å². The van der Waals surface area contributed by atoms with Crippen LogP contribution >= 0.6 is 35.1 Å². The van der Waals surface area contributed by atoms with Crippen LogP contribution in [0.4, 0.5) is 4.79 Å². The van der Waals surface area contributed by atoms with Crippen molar-refractivity contribution < 1.29 is 23.9 Å². The molecule has 1 unspecified atom stereocenters. The Hall–Kier alpha value is -2.26. The number of halogens is 2. The van der Waals surface area contributed by atoms with Crippen LogP contribution in [0.15, 0.2) is 42.5 Å². The first-order valence-corrected chi connectivity index (χ1v) is 10.5. The van der Waals surface area contributed by atoms with Gasteiger partial charge in [0.05, 0.1) is 17.4 Å². The number of benzene rings is 2. The molecule has 2 aromatic rings. The van der Waals surface area contributed by atoms with Crippen LogP contribution in [-0.4, -0.2) is 35.5 Å². The molecule has 1 aliphatic heterocycles. The highest BCUT2D eigenvalue weighted by molar-refractivity contribution is 8.15. The van der Waals surface area contributed by atoms with Crippen LogP contribution in [-0.2, 0) is 27.2 Å². The van der Waals surface area contributed by atoms with Gasteiger partial charge in [0.2, 0.25) is 5.91 Å². The van der Waals surface area contributed by atoms with E-state index in [9.17, 15) is 14.4 Å². The van der Waals surface area contributed by atoms with E-state index in [1.54, 1.807) is 30.3 Å². The highest BCUT2D eigenvalue weighted by atomic mass is 35.5. The van der Waals surface area contributed by atoms with E-state index < -0.39 is 17.3 Å². The number of carbonyl (C=O) groups is 3. The zero-order chi connectivity index (χ0) is 21.7. The Morgan fingerprint density at radius 1 is 1.20 bits per heavy atom. The lowest BCUT2D eigenvalue weighted by atomic mass is 10.1. The van der Waals surface area contributed by atoms with Gasteiger partial charge in [0.15, 0.2) is 0 Å².